The van der Waals surface area contributed by atoms with E-state index in [4.69, 9.17) is 11.6 Å². The molecule has 1 aliphatic rings. The summed E-state index contributed by atoms with van der Waals surface area (Å²) in [4.78, 5) is 14.4. The van der Waals surface area contributed by atoms with Crippen LogP contribution in [-0.2, 0) is 4.79 Å². The molecule has 0 spiro atoms. The molecule has 4 heteroatoms. The van der Waals surface area contributed by atoms with Crippen LogP contribution in [0.3, 0.4) is 0 Å². The van der Waals surface area contributed by atoms with Gasteiger partial charge in [0.25, 0.3) is 0 Å². The van der Waals surface area contributed by atoms with Crippen LogP contribution in [0.25, 0.3) is 0 Å². The van der Waals surface area contributed by atoms with Gasteiger partial charge in [-0.05, 0) is 44.9 Å². The minimum absolute atomic E-state index is 0.0590. The fourth-order valence-electron chi connectivity index (χ4n) is 2.77. The number of nitrogens with zero attached hydrogens (tertiary/aromatic N) is 1. The van der Waals surface area contributed by atoms with Crippen LogP contribution in [0.2, 0.25) is 5.02 Å². The molecule has 1 saturated heterocycles. The molecule has 2 rings (SSSR count). The lowest BCUT2D eigenvalue weighted by atomic mass is 10.0. The number of amides is 1. The Balaban J connectivity index is 1.89. The lowest BCUT2D eigenvalue weighted by Crippen LogP contribution is -2.44. The average Bonchev–Trinajstić information content (AvgIpc) is 2.41. The summed E-state index contributed by atoms with van der Waals surface area (Å²) in [5.74, 6) is 0.0752. The van der Waals surface area contributed by atoms with Gasteiger partial charge < -0.3 is 5.32 Å². The predicted molar refractivity (Wildman–Crippen MR) is 82.9 cm³/mol. The van der Waals surface area contributed by atoms with E-state index in [1.165, 1.54) is 19.3 Å². The molecule has 2 atom stereocenters. The number of nitrogens with one attached hydrogen (secondary N) is 1. The summed E-state index contributed by atoms with van der Waals surface area (Å²) >= 11 is 6.16. The molecule has 0 saturated carbocycles. The van der Waals surface area contributed by atoms with Gasteiger partial charge in [-0.3, -0.25) is 9.69 Å². The first kappa shape index (κ1) is 15.3. The zero-order valence-corrected chi connectivity index (χ0v) is 13.0. The third-order valence-electron chi connectivity index (χ3n) is 4.04. The first-order valence-electron chi connectivity index (χ1n) is 7.35. The molecule has 0 radical (unpaired) electrons. The van der Waals surface area contributed by atoms with Crippen LogP contribution in [0, 0.1) is 0 Å². The smallest absolute Gasteiger partial charge is 0.234 e. The zero-order valence-electron chi connectivity index (χ0n) is 12.2. The first-order chi connectivity index (χ1) is 9.58. The highest BCUT2D eigenvalue weighted by Crippen LogP contribution is 2.22. The number of likely N-dealkylation sites (tertiary alicyclic amines) is 1. The lowest BCUT2D eigenvalue weighted by Gasteiger charge is -2.33. The van der Waals surface area contributed by atoms with Crippen LogP contribution in [0.1, 0.15) is 44.7 Å². The van der Waals surface area contributed by atoms with Gasteiger partial charge in [-0.2, -0.15) is 0 Å². The Morgan fingerprint density at radius 3 is 2.90 bits per heavy atom. The van der Waals surface area contributed by atoms with Crippen LogP contribution >= 0.6 is 11.6 Å². The summed E-state index contributed by atoms with van der Waals surface area (Å²) in [5.41, 5.74) is 0.967. The highest BCUT2D eigenvalue weighted by Gasteiger charge is 2.21. The second-order valence-electron chi connectivity index (χ2n) is 5.63. The summed E-state index contributed by atoms with van der Waals surface area (Å²) in [6.07, 6.45) is 3.65. The van der Waals surface area contributed by atoms with Crippen molar-refractivity contribution >= 4 is 17.5 Å². The molecule has 1 N–H and O–H groups in total. The van der Waals surface area contributed by atoms with Crippen LogP contribution in [0.4, 0.5) is 0 Å². The molecular weight excluding hydrogens is 272 g/mol. The summed E-state index contributed by atoms with van der Waals surface area (Å²) in [5, 5.41) is 3.74. The Hall–Kier alpha value is -1.06. The molecule has 3 nitrogen and oxygen atoms in total. The normalized spacial score (nSPS) is 21.4. The van der Waals surface area contributed by atoms with E-state index in [0.717, 1.165) is 12.1 Å². The zero-order chi connectivity index (χ0) is 14.5. The molecule has 1 heterocycles. The van der Waals surface area contributed by atoms with Crippen molar-refractivity contribution in [2.45, 2.75) is 45.2 Å². The van der Waals surface area contributed by atoms with Crippen molar-refractivity contribution < 1.29 is 4.79 Å². The van der Waals surface area contributed by atoms with E-state index in [2.05, 4.69) is 17.1 Å². The number of carbonyl (C=O) groups is 1. The van der Waals surface area contributed by atoms with Crippen LogP contribution in [-0.4, -0.2) is 29.9 Å². The monoisotopic (exact) mass is 294 g/mol. The van der Waals surface area contributed by atoms with E-state index in [1.54, 1.807) is 0 Å². The number of benzene rings is 1. The molecule has 1 fully saturated rings. The van der Waals surface area contributed by atoms with Gasteiger partial charge in [0, 0.05) is 11.1 Å². The fraction of sp³-hybridized carbons (Fsp3) is 0.562. The van der Waals surface area contributed by atoms with Gasteiger partial charge in [-0.1, -0.05) is 36.2 Å². The summed E-state index contributed by atoms with van der Waals surface area (Å²) in [6, 6.07) is 8.09. The van der Waals surface area contributed by atoms with E-state index < -0.39 is 0 Å². The third-order valence-corrected chi connectivity index (χ3v) is 4.38. The fourth-order valence-corrected chi connectivity index (χ4v) is 3.07. The first-order valence-corrected chi connectivity index (χ1v) is 7.73. The average molecular weight is 295 g/mol. The number of halogens is 1. The number of hydrogen-bond donors (Lipinski definition) is 1. The van der Waals surface area contributed by atoms with E-state index in [9.17, 15) is 4.79 Å². The van der Waals surface area contributed by atoms with Gasteiger partial charge in [0.05, 0.1) is 12.6 Å². The number of rotatable bonds is 4. The van der Waals surface area contributed by atoms with Crippen molar-refractivity contribution in [3.63, 3.8) is 0 Å². The number of carbonyl (C=O) groups excluding carboxylic acids is 1. The Morgan fingerprint density at radius 2 is 2.20 bits per heavy atom. The Morgan fingerprint density at radius 1 is 1.45 bits per heavy atom. The topological polar surface area (TPSA) is 32.3 Å². The molecule has 0 bridgehead atoms. The summed E-state index contributed by atoms with van der Waals surface area (Å²) < 4.78 is 0. The SMILES string of the molecule is CC(NC(=O)CN1CCCCC1C)c1ccccc1Cl. The van der Waals surface area contributed by atoms with E-state index in [-0.39, 0.29) is 11.9 Å². The molecule has 1 aromatic rings. The Bertz CT molecular complexity index is 464. The molecule has 1 aliphatic heterocycles. The molecule has 1 amide bonds. The van der Waals surface area contributed by atoms with Crippen LogP contribution in [0.15, 0.2) is 24.3 Å². The highest BCUT2D eigenvalue weighted by atomic mass is 35.5. The quantitative estimate of drug-likeness (QED) is 0.923. The maximum absolute atomic E-state index is 12.2. The van der Waals surface area contributed by atoms with Crippen molar-refractivity contribution in [1.82, 2.24) is 10.2 Å². The van der Waals surface area contributed by atoms with Crippen molar-refractivity contribution in [2.75, 3.05) is 13.1 Å². The number of hydrogen-bond acceptors (Lipinski definition) is 2. The van der Waals surface area contributed by atoms with E-state index in [1.807, 2.05) is 31.2 Å². The maximum atomic E-state index is 12.2. The standard InChI is InChI=1S/C16H23ClN2O/c1-12-7-5-6-10-19(12)11-16(20)18-13(2)14-8-3-4-9-15(14)17/h3-4,8-9,12-13H,5-7,10-11H2,1-2H3,(H,18,20). The van der Waals surface area contributed by atoms with Crippen LogP contribution < -0.4 is 5.32 Å². The second kappa shape index (κ2) is 7.09. The van der Waals surface area contributed by atoms with Crippen molar-refractivity contribution in [2.24, 2.45) is 0 Å². The molecule has 110 valence electrons. The van der Waals surface area contributed by atoms with Gasteiger partial charge in [-0.25, -0.2) is 0 Å². The maximum Gasteiger partial charge on any atom is 0.234 e. The minimum Gasteiger partial charge on any atom is -0.348 e. The summed E-state index contributed by atoms with van der Waals surface area (Å²) in [6.45, 7) is 5.67. The van der Waals surface area contributed by atoms with Gasteiger partial charge in [-0.15, -0.1) is 0 Å². The van der Waals surface area contributed by atoms with Gasteiger partial charge in [0.15, 0.2) is 0 Å². The molecule has 0 aromatic heterocycles. The predicted octanol–water partition coefficient (Wildman–Crippen LogP) is 3.39. The van der Waals surface area contributed by atoms with Crippen LogP contribution in [0.5, 0.6) is 0 Å². The molecule has 2 unspecified atom stereocenters. The third kappa shape index (κ3) is 3.97. The summed E-state index contributed by atoms with van der Waals surface area (Å²) in [7, 11) is 0. The van der Waals surface area contributed by atoms with E-state index in [0.29, 0.717) is 17.6 Å². The molecule has 20 heavy (non-hydrogen) atoms. The number of piperidine rings is 1. The Kier molecular flexibility index (Phi) is 5.44. The van der Waals surface area contributed by atoms with Gasteiger partial charge >= 0.3 is 0 Å². The van der Waals surface area contributed by atoms with Crippen molar-refractivity contribution in [1.29, 1.82) is 0 Å². The van der Waals surface area contributed by atoms with Gasteiger partial charge in [0.2, 0.25) is 5.91 Å². The largest absolute Gasteiger partial charge is 0.348 e. The highest BCUT2D eigenvalue weighted by molar-refractivity contribution is 6.31. The molecular formula is C16H23ClN2O. The van der Waals surface area contributed by atoms with E-state index >= 15 is 0 Å². The second-order valence-corrected chi connectivity index (χ2v) is 6.03. The van der Waals surface area contributed by atoms with Gasteiger partial charge in [0.1, 0.15) is 0 Å². The minimum atomic E-state index is -0.0590. The lowest BCUT2D eigenvalue weighted by molar-refractivity contribution is -0.123. The van der Waals surface area contributed by atoms with Crippen molar-refractivity contribution in [3.8, 4) is 0 Å². The molecule has 0 aliphatic carbocycles. The Labute approximate surface area is 126 Å². The molecule has 1 aromatic carbocycles. The van der Waals surface area contributed by atoms with Crippen molar-refractivity contribution in [3.05, 3.63) is 34.9 Å².